The summed E-state index contributed by atoms with van der Waals surface area (Å²) in [6, 6.07) is 1.92. The number of carbonyl (C=O) groups is 1. The van der Waals surface area contributed by atoms with E-state index in [1.807, 2.05) is 23.9 Å². The van der Waals surface area contributed by atoms with Crippen LogP contribution in [0.1, 0.15) is 36.7 Å². The molecule has 4 heterocycles. The number of piperidine rings is 1. The van der Waals surface area contributed by atoms with Gasteiger partial charge in [-0.25, -0.2) is 4.98 Å². The lowest BCUT2D eigenvalue weighted by atomic mass is 9.73. The van der Waals surface area contributed by atoms with Gasteiger partial charge in [0.15, 0.2) is 0 Å². The van der Waals surface area contributed by atoms with Crippen molar-refractivity contribution in [2.75, 3.05) is 26.2 Å². The first-order valence-electron chi connectivity index (χ1n) is 10.1. The highest BCUT2D eigenvalue weighted by Crippen LogP contribution is 2.40. The molecule has 9 nitrogen and oxygen atoms in total. The minimum atomic E-state index is -0.794. The zero-order chi connectivity index (χ0) is 20.3. The summed E-state index contributed by atoms with van der Waals surface area (Å²) >= 11 is 0. The van der Waals surface area contributed by atoms with Crippen molar-refractivity contribution in [3.63, 3.8) is 0 Å². The molecular formula is C20H28N6O3. The molecule has 2 fully saturated rings. The number of hydrogen-bond donors (Lipinski definition) is 2. The Kier molecular flexibility index (Phi) is 5.62. The number of aliphatic hydroxyl groups excluding tert-OH is 1. The lowest BCUT2D eigenvalue weighted by Crippen LogP contribution is -2.69. The fourth-order valence-corrected chi connectivity index (χ4v) is 4.38. The van der Waals surface area contributed by atoms with Crippen molar-refractivity contribution in [2.24, 2.45) is 0 Å². The topological polar surface area (TPSA) is 105 Å². The van der Waals surface area contributed by atoms with Crippen molar-refractivity contribution in [3.8, 4) is 0 Å². The van der Waals surface area contributed by atoms with E-state index in [1.54, 1.807) is 6.20 Å². The lowest BCUT2D eigenvalue weighted by molar-refractivity contribution is -0.205. The molecule has 0 aliphatic carbocycles. The number of carbonyl (C=O) groups excluding carboxylic acids is 1. The Bertz CT molecular complexity index is 807. The molecule has 2 aliphatic rings. The number of amides is 1. The fourth-order valence-electron chi connectivity index (χ4n) is 4.38. The summed E-state index contributed by atoms with van der Waals surface area (Å²) in [4.78, 5) is 23.0. The van der Waals surface area contributed by atoms with Crippen LogP contribution in [0.2, 0.25) is 0 Å². The third-order valence-electron chi connectivity index (χ3n) is 6.21. The van der Waals surface area contributed by atoms with E-state index in [0.29, 0.717) is 13.0 Å². The Balaban J connectivity index is 1.38. The molecule has 1 amide bonds. The highest BCUT2D eigenvalue weighted by atomic mass is 16.5. The molecule has 29 heavy (non-hydrogen) atoms. The van der Waals surface area contributed by atoms with Crippen LogP contribution in [0, 0.1) is 0 Å². The molecule has 0 radical (unpaired) electrons. The maximum absolute atomic E-state index is 12.6. The molecule has 2 saturated heterocycles. The first-order chi connectivity index (χ1) is 14.0. The van der Waals surface area contributed by atoms with Gasteiger partial charge in [0, 0.05) is 51.0 Å². The number of rotatable bonds is 5. The maximum atomic E-state index is 12.6. The van der Waals surface area contributed by atoms with Crippen molar-refractivity contribution in [3.05, 3.63) is 42.7 Å². The third-order valence-corrected chi connectivity index (χ3v) is 6.21. The van der Waals surface area contributed by atoms with Crippen LogP contribution in [-0.2, 0) is 11.3 Å². The molecule has 0 bridgehead atoms. The molecule has 0 aromatic carbocycles. The first kappa shape index (κ1) is 19.9. The Morgan fingerprint density at radius 1 is 1.28 bits per heavy atom. The standard InChI is InChI=1S/C20H28N6O3/c1-19(24-17(27)16-15-21-7-8-22-16)5-14-29-20(18(19)28)3-10-25(11-4-20)12-13-26-9-2-6-23-26/h2,6-9,15,18,28H,3-5,10-14H2,1H3,(H,24,27)/t18-,19+/m1/s1. The molecule has 2 aliphatic heterocycles. The normalized spacial score (nSPS) is 27.0. The number of nitrogens with zero attached hydrogens (tertiary/aromatic N) is 5. The van der Waals surface area contributed by atoms with Crippen molar-refractivity contribution in [1.82, 2.24) is 30.0 Å². The summed E-state index contributed by atoms with van der Waals surface area (Å²) in [5, 5.41) is 18.5. The average Bonchev–Trinajstić information content (AvgIpc) is 3.26. The smallest absolute Gasteiger partial charge is 0.271 e. The molecular weight excluding hydrogens is 372 g/mol. The number of likely N-dealkylation sites (tertiary alicyclic amines) is 1. The Morgan fingerprint density at radius 3 is 2.79 bits per heavy atom. The number of nitrogens with one attached hydrogen (secondary N) is 1. The van der Waals surface area contributed by atoms with Gasteiger partial charge in [0.05, 0.1) is 23.9 Å². The SMILES string of the molecule is C[C@]1(NC(=O)c2cnccn2)CCOC2(CCN(CCn3cccn3)CC2)[C@@H]1O. The number of aliphatic hydroxyl groups is 1. The predicted octanol–water partition coefficient (Wildman–Crippen LogP) is 0.478. The second-order valence-electron chi connectivity index (χ2n) is 8.14. The molecule has 0 saturated carbocycles. The van der Waals surface area contributed by atoms with Crippen LogP contribution in [-0.4, -0.2) is 79.1 Å². The highest BCUT2D eigenvalue weighted by molar-refractivity contribution is 5.92. The molecule has 1 spiro atoms. The summed E-state index contributed by atoms with van der Waals surface area (Å²) in [5.41, 5.74) is -1.16. The summed E-state index contributed by atoms with van der Waals surface area (Å²) in [5.74, 6) is -0.326. The Labute approximate surface area is 170 Å². The molecule has 4 rings (SSSR count). The minimum absolute atomic E-state index is 0.245. The largest absolute Gasteiger partial charge is 0.388 e. The lowest BCUT2D eigenvalue weighted by Gasteiger charge is -2.53. The van der Waals surface area contributed by atoms with Gasteiger partial charge in [-0.05, 0) is 32.3 Å². The van der Waals surface area contributed by atoms with Crippen molar-refractivity contribution in [1.29, 1.82) is 0 Å². The summed E-state index contributed by atoms with van der Waals surface area (Å²) in [6.45, 7) is 5.82. The number of hydrogen-bond acceptors (Lipinski definition) is 7. The van der Waals surface area contributed by atoms with Gasteiger partial charge >= 0.3 is 0 Å². The van der Waals surface area contributed by atoms with Gasteiger partial charge < -0.3 is 20.1 Å². The van der Waals surface area contributed by atoms with Crippen molar-refractivity contribution in [2.45, 2.75) is 50.0 Å². The number of aromatic nitrogens is 4. The molecule has 9 heteroatoms. The zero-order valence-electron chi connectivity index (χ0n) is 16.7. The van der Waals surface area contributed by atoms with Gasteiger partial charge in [0.2, 0.25) is 0 Å². The quantitative estimate of drug-likeness (QED) is 0.752. The molecule has 2 aromatic heterocycles. The monoisotopic (exact) mass is 400 g/mol. The molecule has 2 aromatic rings. The average molecular weight is 400 g/mol. The van der Waals surface area contributed by atoms with Crippen LogP contribution in [0.15, 0.2) is 37.1 Å². The van der Waals surface area contributed by atoms with E-state index >= 15 is 0 Å². The highest BCUT2D eigenvalue weighted by Gasteiger charge is 2.53. The minimum Gasteiger partial charge on any atom is -0.388 e. The van der Waals surface area contributed by atoms with E-state index in [0.717, 1.165) is 39.0 Å². The van der Waals surface area contributed by atoms with Crippen LogP contribution >= 0.6 is 0 Å². The fraction of sp³-hybridized carbons (Fsp3) is 0.600. The Hall–Kier alpha value is -2.36. The Morgan fingerprint density at radius 2 is 2.10 bits per heavy atom. The van der Waals surface area contributed by atoms with Gasteiger partial charge in [-0.3, -0.25) is 14.5 Å². The van der Waals surface area contributed by atoms with E-state index in [2.05, 4.69) is 25.3 Å². The van der Waals surface area contributed by atoms with E-state index in [1.165, 1.54) is 18.6 Å². The summed E-state index contributed by atoms with van der Waals surface area (Å²) in [6.07, 6.45) is 9.39. The van der Waals surface area contributed by atoms with Gasteiger partial charge in [0.25, 0.3) is 5.91 Å². The predicted molar refractivity (Wildman–Crippen MR) is 105 cm³/mol. The molecule has 2 N–H and O–H groups in total. The summed E-state index contributed by atoms with van der Waals surface area (Å²) < 4.78 is 8.05. The van der Waals surface area contributed by atoms with Gasteiger partial charge in [-0.2, -0.15) is 5.10 Å². The van der Waals surface area contributed by atoms with Gasteiger partial charge in [-0.1, -0.05) is 0 Å². The maximum Gasteiger partial charge on any atom is 0.271 e. The van der Waals surface area contributed by atoms with E-state index in [4.69, 9.17) is 4.74 Å². The molecule has 156 valence electrons. The molecule has 0 unspecified atom stereocenters. The third kappa shape index (κ3) is 4.17. The first-order valence-corrected chi connectivity index (χ1v) is 10.1. The van der Waals surface area contributed by atoms with Crippen molar-refractivity contribution < 1.29 is 14.6 Å². The van der Waals surface area contributed by atoms with E-state index < -0.39 is 17.2 Å². The van der Waals surface area contributed by atoms with Crippen LogP contribution in [0.5, 0.6) is 0 Å². The van der Waals surface area contributed by atoms with E-state index in [9.17, 15) is 9.90 Å². The van der Waals surface area contributed by atoms with Crippen LogP contribution in [0.3, 0.4) is 0 Å². The number of ether oxygens (including phenoxy) is 1. The second kappa shape index (κ2) is 8.17. The van der Waals surface area contributed by atoms with Crippen LogP contribution in [0.4, 0.5) is 0 Å². The molecule has 2 atom stereocenters. The van der Waals surface area contributed by atoms with Crippen LogP contribution < -0.4 is 5.32 Å². The van der Waals surface area contributed by atoms with Gasteiger partial charge in [-0.15, -0.1) is 0 Å². The zero-order valence-corrected chi connectivity index (χ0v) is 16.7. The van der Waals surface area contributed by atoms with Gasteiger partial charge in [0.1, 0.15) is 11.8 Å². The summed E-state index contributed by atoms with van der Waals surface area (Å²) in [7, 11) is 0. The van der Waals surface area contributed by atoms with Crippen molar-refractivity contribution >= 4 is 5.91 Å². The van der Waals surface area contributed by atoms with Crippen LogP contribution in [0.25, 0.3) is 0 Å². The van der Waals surface area contributed by atoms with E-state index in [-0.39, 0.29) is 11.6 Å². The second-order valence-corrected chi connectivity index (χ2v) is 8.14.